The van der Waals surface area contributed by atoms with Gasteiger partial charge < -0.3 is 19.5 Å². The average Bonchev–Trinajstić information content (AvgIpc) is 2.72. The Labute approximate surface area is 180 Å². The summed E-state index contributed by atoms with van der Waals surface area (Å²) in [5.41, 5.74) is 0.701. The number of aliphatic hydroxyl groups is 1. The van der Waals surface area contributed by atoms with Gasteiger partial charge in [0, 0.05) is 35.7 Å². The molecule has 1 amide bonds. The van der Waals surface area contributed by atoms with E-state index in [4.69, 9.17) is 9.47 Å². The van der Waals surface area contributed by atoms with Crippen molar-refractivity contribution in [2.45, 2.75) is 51.4 Å². The number of benzene rings is 1. The Balaban J connectivity index is 1.73. The molecule has 1 aliphatic heterocycles. The fourth-order valence-electron chi connectivity index (χ4n) is 3.36. The molecule has 0 saturated carbocycles. The number of carbonyl (C=O) groups is 1. The molecule has 0 bridgehead atoms. The molecule has 2 heterocycles. The number of ether oxygens (including phenoxy) is 2. The van der Waals surface area contributed by atoms with Crippen LogP contribution in [0.2, 0.25) is 0 Å². The first kappa shape index (κ1) is 22.5. The Hall–Kier alpha value is -3.20. The number of carbonyl (C=O) groups excluding carboxylic acids is 1. The minimum absolute atomic E-state index is 0.0214. The van der Waals surface area contributed by atoms with Gasteiger partial charge in [0.15, 0.2) is 0 Å². The molecule has 9 heteroatoms. The van der Waals surface area contributed by atoms with E-state index < -0.39 is 22.7 Å². The van der Waals surface area contributed by atoms with Crippen LogP contribution in [0.4, 0.5) is 10.5 Å². The summed E-state index contributed by atoms with van der Waals surface area (Å²) in [6.45, 7) is 5.57. The minimum Gasteiger partial charge on any atom is -0.488 e. The van der Waals surface area contributed by atoms with Crippen LogP contribution in [0, 0.1) is 10.1 Å². The number of rotatable bonds is 6. The molecular formula is C22H27N3O6. The molecule has 3 rings (SSSR count). The number of fused-ring (bicyclic) bond motifs is 1. The Kier molecular flexibility index (Phi) is 6.74. The Morgan fingerprint density at radius 1 is 1.42 bits per heavy atom. The third-order valence-corrected chi connectivity index (χ3v) is 4.82. The molecule has 0 radical (unpaired) electrons. The van der Waals surface area contributed by atoms with Gasteiger partial charge in [-0.25, -0.2) is 4.79 Å². The van der Waals surface area contributed by atoms with E-state index in [0.717, 1.165) is 5.56 Å². The van der Waals surface area contributed by atoms with Crippen molar-refractivity contribution in [3.8, 4) is 5.75 Å². The van der Waals surface area contributed by atoms with Gasteiger partial charge in [-0.1, -0.05) is 6.07 Å². The summed E-state index contributed by atoms with van der Waals surface area (Å²) in [5, 5.41) is 21.6. The fraction of sp³-hybridized carbons (Fsp3) is 0.455. The second kappa shape index (κ2) is 9.30. The maximum absolute atomic E-state index is 12.8. The first-order valence-electron chi connectivity index (χ1n) is 10.1. The van der Waals surface area contributed by atoms with Crippen molar-refractivity contribution in [3.63, 3.8) is 0 Å². The molecule has 2 aromatic rings. The second-order valence-corrected chi connectivity index (χ2v) is 8.52. The molecule has 9 nitrogen and oxygen atoms in total. The Morgan fingerprint density at radius 2 is 2.19 bits per heavy atom. The summed E-state index contributed by atoms with van der Waals surface area (Å²) >= 11 is 0. The van der Waals surface area contributed by atoms with Gasteiger partial charge in [-0.05, 0) is 45.7 Å². The average molecular weight is 429 g/mol. The van der Waals surface area contributed by atoms with Crippen LogP contribution in [0.15, 0.2) is 42.7 Å². The first-order chi connectivity index (χ1) is 14.6. The molecule has 1 unspecified atom stereocenters. The number of aromatic nitrogens is 1. The van der Waals surface area contributed by atoms with Gasteiger partial charge in [-0.3, -0.25) is 15.1 Å². The van der Waals surface area contributed by atoms with E-state index >= 15 is 0 Å². The predicted octanol–water partition coefficient (Wildman–Crippen LogP) is 3.65. The summed E-state index contributed by atoms with van der Waals surface area (Å²) in [6.07, 6.45) is 2.53. The number of nitro benzene ring substituents is 1. The van der Waals surface area contributed by atoms with Crippen molar-refractivity contribution in [1.82, 2.24) is 9.88 Å². The summed E-state index contributed by atoms with van der Waals surface area (Å²) in [6, 6.07) is 7.96. The number of pyridine rings is 1. The molecule has 166 valence electrons. The Morgan fingerprint density at radius 3 is 2.84 bits per heavy atom. The van der Waals surface area contributed by atoms with Gasteiger partial charge in [-0.15, -0.1) is 0 Å². The van der Waals surface area contributed by atoms with Gasteiger partial charge in [-0.2, -0.15) is 0 Å². The van der Waals surface area contributed by atoms with Crippen molar-refractivity contribution in [1.29, 1.82) is 0 Å². The normalized spacial score (nSPS) is 16.6. The van der Waals surface area contributed by atoms with Crippen molar-refractivity contribution in [2.75, 3.05) is 13.1 Å². The number of hydrogen-bond donors (Lipinski definition) is 1. The number of aliphatic hydroxyl groups excluding tert-OH is 1. The molecule has 0 saturated heterocycles. The van der Waals surface area contributed by atoms with Crippen molar-refractivity contribution in [2.24, 2.45) is 0 Å². The van der Waals surface area contributed by atoms with Crippen LogP contribution in [0.5, 0.6) is 5.75 Å². The Bertz CT molecular complexity index is 929. The molecule has 0 fully saturated rings. The maximum Gasteiger partial charge on any atom is 0.410 e. The zero-order valence-corrected chi connectivity index (χ0v) is 17.9. The van der Waals surface area contributed by atoms with Crippen LogP contribution >= 0.6 is 0 Å². The van der Waals surface area contributed by atoms with E-state index in [-0.39, 0.29) is 24.9 Å². The van der Waals surface area contributed by atoms with E-state index in [1.54, 1.807) is 51.4 Å². The summed E-state index contributed by atoms with van der Waals surface area (Å²) in [4.78, 5) is 28.8. The molecular weight excluding hydrogens is 402 g/mol. The summed E-state index contributed by atoms with van der Waals surface area (Å²) in [7, 11) is 0. The van der Waals surface area contributed by atoms with Crippen LogP contribution in [0.1, 0.15) is 44.4 Å². The molecule has 0 spiro atoms. The van der Waals surface area contributed by atoms with Crippen LogP contribution < -0.4 is 4.74 Å². The lowest BCUT2D eigenvalue weighted by molar-refractivity contribution is -0.385. The van der Waals surface area contributed by atoms with E-state index in [2.05, 4.69) is 4.98 Å². The maximum atomic E-state index is 12.8. The molecule has 2 atom stereocenters. The summed E-state index contributed by atoms with van der Waals surface area (Å²) in [5.74, 6) is 0.568. The largest absolute Gasteiger partial charge is 0.488 e. The molecule has 1 aliphatic rings. The third-order valence-electron chi connectivity index (χ3n) is 4.82. The van der Waals surface area contributed by atoms with E-state index in [0.29, 0.717) is 24.2 Å². The highest BCUT2D eigenvalue weighted by Crippen LogP contribution is 2.31. The molecule has 1 N–H and O–H groups in total. The van der Waals surface area contributed by atoms with Gasteiger partial charge in [0.2, 0.25) is 0 Å². The quantitative estimate of drug-likeness (QED) is 0.550. The molecule has 1 aromatic carbocycles. The molecule has 31 heavy (non-hydrogen) atoms. The molecule has 1 aromatic heterocycles. The summed E-state index contributed by atoms with van der Waals surface area (Å²) < 4.78 is 11.5. The number of amides is 1. The lowest BCUT2D eigenvalue weighted by Crippen LogP contribution is -2.45. The highest BCUT2D eigenvalue weighted by molar-refractivity contribution is 5.68. The number of nitrogens with zero attached hydrogens (tertiary/aromatic N) is 3. The number of nitro groups is 1. The van der Waals surface area contributed by atoms with Gasteiger partial charge >= 0.3 is 6.09 Å². The molecule has 0 aliphatic carbocycles. The predicted molar refractivity (Wildman–Crippen MR) is 113 cm³/mol. The van der Waals surface area contributed by atoms with Crippen LogP contribution in [-0.4, -0.2) is 50.8 Å². The number of aryl methyl sites for hydroxylation is 1. The second-order valence-electron chi connectivity index (χ2n) is 8.52. The van der Waals surface area contributed by atoms with Gasteiger partial charge in [0.1, 0.15) is 17.5 Å². The highest BCUT2D eigenvalue weighted by Gasteiger charge is 2.30. The van der Waals surface area contributed by atoms with E-state index in [1.165, 1.54) is 17.0 Å². The fourth-order valence-corrected chi connectivity index (χ4v) is 3.36. The van der Waals surface area contributed by atoms with Crippen molar-refractivity contribution in [3.05, 3.63) is 64.0 Å². The third kappa shape index (κ3) is 6.14. The van der Waals surface area contributed by atoms with Crippen molar-refractivity contribution < 1.29 is 24.3 Å². The standard InChI is InChI=1S/C22H27N3O6/c1-22(2,3)31-21(27)24(14-19(26)16-5-4-10-23-12-16)13-18-8-6-15-11-17(25(28)29)7-9-20(15)30-18/h4-5,7,9-12,18-19,26H,6,8,13-14H2,1-3H3/t18-,19?/m1/s1. The monoisotopic (exact) mass is 429 g/mol. The van der Waals surface area contributed by atoms with Gasteiger partial charge in [0.25, 0.3) is 5.69 Å². The zero-order chi connectivity index (χ0) is 22.6. The number of non-ortho nitro benzene ring substituents is 1. The lowest BCUT2D eigenvalue weighted by atomic mass is 10.0. The first-order valence-corrected chi connectivity index (χ1v) is 10.1. The van der Waals surface area contributed by atoms with Crippen LogP contribution in [0.25, 0.3) is 0 Å². The smallest absolute Gasteiger partial charge is 0.410 e. The highest BCUT2D eigenvalue weighted by atomic mass is 16.6. The zero-order valence-electron chi connectivity index (χ0n) is 17.9. The van der Waals surface area contributed by atoms with E-state index in [1.807, 2.05) is 0 Å². The van der Waals surface area contributed by atoms with E-state index in [9.17, 15) is 20.0 Å². The topological polar surface area (TPSA) is 115 Å². The van der Waals surface area contributed by atoms with Crippen LogP contribution in [0.3, 0.4) is 0 Å². The van der Waals surface area contributed by atoms with Crippen molar-refractivity contribution >= 4 is 11.8 Å². The van der Waals surface area contributed by atoms with Gasteiger partial charge in [0.05, 0.1) is 24.1 Å². The SMILES string of the molecule is CC(C)(C)OC(=O)N(CC(O)c1cccnc1)C[C@H]1CCc2cc([N+](=O)[O-])ccc2O1. The minimum atomic E-state index is -0.931. The lowest BCUT2D eigenvalue weighted by Gasteiger charge is -2.33. The van der Waals surface area contributed by atoms with Crippen LogP contribution in [-0.2, 0) is 11.2 Å². The number of hydrogen-bond acceptors (Lipinski definition) is 7.